The quantitative estimate of drug-likeness (QED) is 0.618. The van der Waals surface area contributed by atoms with Gasteiger partial charge in [0, 0.05) is 18.2 Å². The summed E-state index contributed by atoms with van der Waals surface area (Å²) in [5.41, 5.74) is 2.02. The van der Waals surface area contributed by atoms with E-state index < -0.39 is 0 Å². The summed E-state index contributed by atoms with van der Waals surface area (Å²) < 4.78 is 12.7. The van der Waals surface area contributed by atoms with Crippen molar-refractivity contribution in [3.05, 3.63) is 36.0 Å². The molecule has 1 aromatic carbocycles. The second-order valence-electron chi connectivity index (χ2n) is 3.05. The van der Waals surface area contributed by atoms with Crippen molar-refractivity contribution in [3.63, 3.8) is 0 Å². The number of halogens is 1. The van der Waals surface area contributed by atoms with Crippen LogP contribution in [0.15, 0.2) is 18.2 Å². The van der Waals surface area contributed by atoms with Crippen molar-refractivity contribution in [2.45, 2.75) is 19.4 Å². The maximum absolute atomic E-state index is 12.7. The van der Waals surface area contributed by atoms with Crippen LogP contribution in [0.3, 0.4) is 0 Å². The van der Waals surface area contributed by atoms with Gasteiger partial charge >= 0.3 is 0 Å². The molecule has 1 heterocycles. The fourth-order valence-corrected chi connectivity index (χ4v) is 1.40. The second kappa shape index (κ2) is 2.77. The van der Waals surface area contributed by atoms with Gasteiger partial charge in [-0.1, -0.05) is 0 Å². The summed E-state index contributed by atoms with van der Waals surface area (Å²) in [6.07, 6.45) is 3.92. The lowest BCUT2D eigenvalue weighted by molar-refractivity contribution is 0.624. The molecule has 62 valence electrons. The van der Waals surface area contributed by atoms with Gasteiger partial charge in [0.25, 0.3) is 0 Å². The lowest BCUT2D eigenvalue weighted by atomic mass is 9.99. The lowest BCUT2D eigenvalue weighted by Gasteiger charge is -2.23. The molecule has 0 spiro atoms. The molecule has 0 saturated carbocycles. The Labute approximate surface area is 71.6 Å². The van der Waals surface area contributed by atoms with Gasteiger partial charge in [-0.3, -0.25) is 0 Å². The standard InChI is InChI=1S/C10H10FN/c1-7-2-3-8-6-9(11)4-5-10(8)12-7/h4-7,12H,3H2,1H3. The van der Waals surface area contributed by atoms with E-state index in [1.807, 2.05) is 6.92 Å². The zero-order chi connectivity index (χ0) is 8.55. The largest absolute Gasteiger partial charge is 0.382 e. The molecule has 2 radical (unpaired) electrons. The molecular weight excluding hydrogens is 153 g/mol. The molecule has 1 aromatic rings. The first kappa shape index (κ1) is 7.59. The molecule has 12 heavy (non-hydrogen) atoms. The smallest absolute Gasteiger partial charge is 0.123 e. The van der Waals surface area contributed by atoms with Gasteiger partial charge in [0.1, 0.15) is 5.82 Å². The topological polar surface area (TPSA) is 12.0 Å². The van der Waals surface area contributed by atoms with Crippen LogP contribution >= 0.6 is 0 Å². The highest BCUT2D eigenvalue weighted by Gasteiger charge is 2.14. The number of hydrogen-bond donors (Lipinski definition) is 1. The fourth-order valence-electron chi connectivity index (χ4n) is 1.40. The van der Waals surface area contributed by atoms with Gasteiger partial charge in [-0.15, -0.1) is 0 Å². The lowest BCUT2D eigenvalue weighted by Crippen LogP contribution is -2.22. The van der Waals surface area contributed by atoms with E-state index in [2.05, 4.69) is 11.7 Å². The molecule has 1 unspecified atom stereocenters. The van der Waals surface area contributed by atoms with Crippen LogP contribution in [0.1, 0.15) is 12.5 Å². The van der Waals surface area contributed by atoms with Crippen LogP contribution in [0.2, 0.25) is 0 Å². The summed E-state index contributed by atoms with van der Waals surface area (Å²) in [4.78, 5) is 0. The Morgan fingerprint density at radius 3 is 3.25 bits per heavy atom. The normalized spacial score (nSPS) is 21.3. The van der Waals surface area contributed by atoms with E-state index >= 15 is 0 Å². The minimum absolute atomic E-state index is 0.174. The molecular formula is C10H10FN. The highest BCUT2D eigenvalue weighted by Crippen LogP contribution is 2.24. The van der Waals surface area contributed by atoms with Crippen molar-refractivity contribution in [1.82, 2.24) is 0 Å². The van der Waals surface area contributed by atoms with E-state index in [4.69, 9.17) is 0 Å². The fraction of sp³-hybridized carbons (Fsp3) is 0.300. The third kappa shape index (κ3) is 1.29. The third-order valence-corrected chi connectivity index (χ3v) is 2.04. The average Bonchev–Trinajstić information content (AvgIpc) is 2.05. The Morgan fingerprint density at radius 2 is 2.42 bits per heavy atom. The predicted molar refractivity (Wildman–Crippen MR) is 46.4 cm³/mol. The average molecular weight is 163 g/mol. The van der Waals surface area contributed by atoms with Crippen LogP contribution in [0.25, 0.3) is 0 Å². The van der Waals surface area contributed by atoms with Gasteiger partial charge < -0.3 is 5.32 Å². The van der Waals surface area contributed by atoms with Gasteiger partial charge in [0.2, 0.25) is 0 Å². The first-order chi connectivity index (χ1) is 5.75. The van der Waals surface area contributed by atoms with E-state index in [1.165, 1.54) is 6.07 Å². The summed E-state index contributed by atoms with van der Waals surface area (Å²) in [6, 6.07) is 5.08. The van der Waals surface area contributed by atoms with Crippen LogP contribution in [-0.2, 0) is 6.42 Å². The summed E-state index contributed by atoms with van der Waals surface area (Å²) in [7, 11) is 0. The van der Waals surface area contributed by atoms with Gasteiger partial charge in [0.05, 0.1) is 0 Å². The Morgan fingerprint density at radius 1 is 1.58 bits per heavy atom. The molecule has 0 fully saturated rings. The summed E-state index contributed by atoms with van der Waals surface area (Å²) >= 11 is 0. The molecule has 1 nitrogen and oxygen atoms in total. The van der Waals surface area contributed by atoms with E-state index in [1.54, 1.807) is 12.1 Å². The number of benzene rings is 1. The Kier molecular flexibility index (Phi) is 1.75. The van der Waals surface area contributed by atoms with Gasteiger partial charge in [-0.05, 0) is 37.1 Å². The van der Waals surface area contributed by atoms with Crippen molar-refractivity contribution in [2.75, 3.05) is 5.32 Å². The molecule has 0 bridgehead atoms. The number of fused-ring (bicyclic) bond motifs is 1. The van der Waals surface area contributed by atoms with Gasteiger partial charge in [-0.25, -0.2) is 4.39 Å². The Balaban J connectivity index is 2.37. The minimum atomic E-state index is -0.174. The van der Waals surface area contributed by atoms with E-state index in [-0.39, 0.29) is 11.9 Å². The molecule has 1 aliphatic rings. The molecule has 0 aromatic heterocycles. The summed E-state index contributed by atoms with van der Waals surface area (Å²) in [6.45, 7) is 2.03. The van der Waals surface area contributed by atoms with Crippen LogP contribution in [0, 0.1) is 12.2 Å². The number of hydrogen-bond acceptors (Lipinski definition) is 1. The first-order valence-electron chi connectivity index (χ1n) is 4.04. The summed E-state index contributed by atoms with van der Waals surface area (Å²) in [5, 5.41) is 3.21. The first-order valence-corrected chi connectivity index (χ1v) is 4.04. The van der Waals surface area contributed by atoms with E-state index in [0.717, 1.165) is 17.7 Å². The molecule has 1 N–H and O–H groups in total. The maximum atomic E-state index is 12.7. The van der Waals surface area contributed by atoms with Crippen molar-refractivity contribution in [3.8, 4) is 0 Å². The number of nitrogens with one attached hydrogen (secondary N) is 1. The number of anilines is 1. The zero-order valence-corrected chi connectivity index (χ0v) is 6.89. The maximum Gasteiger partial charge on any atom is 0.123 e. The Hall–Kier alpha value is -1.05. The van der Waals surface area contributed by atoms with E-state index in [9.17, 15) is 4.39 Å². The molecule has 2 heteroatoms. The van der Waals surface area contributed by atoms with Crippen molar-refractivity contribution in [2.24, 2.45) is 0 Å². The van der Waals surface area contributed by atoms with Crippen LogP contribution in [-0.4, -0.2) is 6.04 Å². The van der Waals surface area contributed by atoms with Crippen molar-refractivity contribution in [1.29, 1.82) is 0 Å². The SMILES string of the molecule is CC1[C]Cc2cc(F)ccc2N1. The van der Waals surface area contributed by atoms with Gasteiger partial charge in [-0.2, -0.15) is 0 Å². The molecule has 0 aliphatic carbocycles. The number of rotatable bonds is 0. The third-order valence-electron chi connectivity index (χ3n) is 2.04. The van der Waals surface area contributed by atoms with Crippen molar-refractivity contribution < 1.29 is 4.39 Å². The molecule has 1 aliphatic heterocycles. The van der Waals surface area contributed by atoms with Crippen LogP contribution < -0.4 is 5.32 Å². The highest BCUT2D eigenvalue weighted by molar-refractivity contribution is 5.55. The summed E-state index contributed by atoms with van der Waals surface area (Å²) in [5.74, 6) is -0.174. The molecule has 0 saturated heterocycles. The van der Waals surface area contributed by atoms with E-state index in [0.29, 0.717) is 0 Å². The Bertz CT molecular complexity index is 296. The van der Waals surface area contributed by atoms with Crippen LogP contribution in [0.4, 0.5) is 10.1 Å². The van der Waals surface area contributed by atoms with Crippen LogP contribution in [0.5, 0.6) is 0 Å². The zero-order valence-electron chi connectivity index (χ0n) is 6.89. The van der Waals surface area contributed by atoms with Gasteiger partial charge in [0.15, 0.2) is 0 Å². The second-order valence-corrected chi connectivity index (χ2v) is 3.05. The predicted octanol–water partition coefficient (Wildman–Crippen LogP) is 2.26. The van der Waals surface area contributed by atoms with Crippen molar-refractivity contribution >= 4 is 5.69 Å². The molecule has 2 rings (SSSR count). The minimum Gasteiger partial charge on any atom is -0.382 e. The monoisotopic (exact) mass is 163 g/mol. The molecule has 1 atom stereocenters. The molecule has 0 amide bonds. The highest BCUT2D eigenvalue weighted by atomic mass is 19.1.